The van der Waals surface area contributed by atoms with Gasteiger partial charge >= 0.3 is 0 Å². The lowest BCUT2D eigenvalue weighted by molar-refractivity contribution is -0.118. The zero-order valence-electron chi connectivity index (χ0n) is 14.7. The summed E-state index contributed by atoms with van der Waals surface area (Å²) in [6.07, 6.45) is 3.54. The molecule has 1 N–H and O–H groups in total. The first-order chi connectivity index (χ1) is 12.6. The molecule has 1 aromatic carbocycles. The summed E-state index contributed by atoms with van der Waals surface area (Å²) in [5.41, 5.74) is 3.59. The molecule has 1 amide bonds. The first-order valence-electron chi connectivity index (χ1n) is 8.26. The molecule has 0 unspecified atom stereocenters. The summed E-state index contributed by atoms with van der Waals surface area (Å²) in [6.45, 7) is 4.06. The zero-order chi connectivity index (χ0) is 18.8. The minimum atomic E-state index is -0.385. The van der Waals surface area contributed by atoms with E-state index in [-0.39, 0.29) is 17.5 Å². The lowest BCUT2D eigenvalue weighted by Crippen LogP contribution is -2.19. The predicted octanol–water partition coefficient (Wildman–Crippen LogP) is 4.06. The molecule has 0 saturated carbocycles. The Morgan fingerprint density at radius 3 is 2.88 bits per heavy atom. The Bertz CT molecular complexity index is 771. The molecule has 0 saturated heterocycles. The largest absolute Gasteiger partial charge is 0.272 e. The smallest absolute Gasteiger partial charge is 0.250 e. The Balaban J connectivity index is 1.84. The summed E-state index contributed by atoms with van der Waals surface area (Å²) in [5.74, 6) is 0.489. The summed E-state index contributed by atoms with van der Waals surface area (Å²) in [7, 11) is 0. The van der Waals surface area contributed by atoms with Crippen molar-refractivity contribution in [2.75, 3.05) is 11.5 Å². The predicted molar refractivity (Wildman–Crippen MR) is 105 cm³/mol. The van der Waals surface area contributed by atoms with Crippen LogP contribution in [0.1, 0.15) is 31.0 Å². The molecular weight excluding hydrogens is 371 g/mol. The Morgan fingerprint density at radius 1 is 1.31 bits per heavy atom. The van der Waals surface area contributed by atoms with Gasteiger partial charge in [0.1, 0.15) is 10.8 Å². The van der Waals surface area contributed by atoms with Gasteiger partial charge in [0, 0.05) is 17.0 Å². The molecule has 5 nitrogen and oxygen atoms in total. The standard InChI is InChI=1S/C18H21FN4OS2/c1-3-4-9-25-18-21-13(2)10-17(22-18)26-12-16(24)23-20-11-14-7-5-6-8-15(14)19/h5-8,10-11H,3-4,9,12H2,1-2H3,(H,23,24). The van der Waals surface area contributed by atoms with Gasteiger partial charge in [-0.2, -0.15) is 5.10 Å². The summed E-state index contributed by atoms with van der Waals surface area (Å²) < 4.78 is 13.4. The van der Waals surface area contributed by atoms with Crippen molar-refractivity contribution in [3.63, 3.8) is 0 Å². The minimum absolute atomic E-state index is 0.171. The van der Waals surface area contributed by atoms with Gasteiger partial charge in [-0.25, -0.2) is 19.8 Å². The quantitative estimate of drug-likeness (QED) is 0.174. The number of unbranched alkanes of at least 4 members (excludes halogenated alkanes) is 1. The van der Waals surface area contributed by atoms with Crippen LogP contribution < -0.4 is 5.43 Å². The second-order valence-corrected chi connectivity index (χ2v) is 7.49. The number of rotatable bonds is 9. The second-order valence-electron chi connectivity index (χ2n) is 5.44. The van der Waals surface area contributed by atoms with E-state index in [0.29, 0.717) is 5.56 Å². The van der Waals surface area contributed by atoms with E-state index in [4.69, 9.17) is 0 Å². The van der Waals surface area contributed by atoms with Crippen LogP contribution in [0, 0.1) is 12.7 Å². The van der Waals surface area contributed by atoms with Crippen LogP contribution in [0.5, 0.6) is 0 Å². The second kappa shape index (κ2) is 10.9. The van der Waals surface area contributed by atoms with Crippen molar-refractivity contribution in [3.05, 3.63) is 47.4 Å². The molecule has 26 heavy (non-hydrogen) atoms. The number of nitrogens with one attached hydrogen (secondary N) is 1. The van der Waals surface area contributed by atoms with E-state index in [1.165, 1.54) is 24.0 Å². The van der Waals surface area contributed by atoms with Crippen molar-refractivity contribution in [3.8, 4) is 0 Å². The number of aryl methyl sites for hydroxylation is 1. The molecule has 0 aliphatic rings. The number of hydrogen-bond donors (Lipinski definition) is 1. The number of aromatic nitrogens is 2. The molecule has 0 aliphatic heterocycles. The fourth-order valence-electron chi connectivity index (χ4n) is 1.89. The molecule has 0 radical (unpaired) electrons. The van der Waals surface area contributed by atoms with Crippen LogP contribution in [0.4, 0.5) is 4.39 Å². The number of thioether (sulfide) groups is 2. The highest BCUT2D eigenvalue weighted by atomic mass is 32.2. The number of carbonyl (C=O) groups excluding carboxylic acids is 1. The van der Waals surface area contributed by atoms with Crippen molar-refractivity contribution >= 4 is 35.6 Å². The number of carbonyl (C=O) groups is 1. The molecule has 8 heteroatoms. The third kappa shape index (κ3) is 7.13. The molecule has 0 atom stereocenters. The SMILES string of the molecule is CCCCSc1nc(C)cc(SCC(=O)NN=Cc2ccccc2F)n1. The number of hydrazone groups is 1. The van der Waals surface area contributed by atoms with Gasteiger partial charge in [0.15, 0.2) is 5.16 Å². The monoisotopic (exact) mass is 392 g/mol. The van der Waals surface area contributed by atoms with Crippen LogP contribution in [0.2, 0.25) is 0 Å². The zero-order valence-corrected chi connectivity index (χ0v) is 16.4. The average molecular weight is 393 g/mol. The van der Waals surface area contributed by atoms with Crippen molar-refractivity contribution < 1.29 is 9.18 Å². The van der Waals surface area contributed by atoms with Crippen molar-refractivity contribution in [1.29, 1.82) is 0 Å². The maximum absolute atomic E-state index is 13.4. The van der Waals surface area contributed by atoms with Gasteiger partial charge in [-0.3, -0.25) is 4.79 Å². The molecule has 0 fully saturated rings. The van der Waals surface area contributed by atoms with E-state index in [1.807, 2.05) is 13.0 Å². The maximum Gasteiger partial charge on any atom is 0.250 e. The Hall–Kier alpha value is -1.93. The number of benzene rings is 1. The Morgan fingerprint density at radius 2 is 2.12 bits per heavy atom. The average Bonchev–Trinajstić information content (AvgIpc) is 2.61. The fourth-order valence-corrected chi connectivity index (χ4v) is 3.68. The van der Waals surface area contributed by atoms with Gasteiger partial charge in [0.25, 0.3) is 0 Å². The van der Waals surface area contributed by atoms with E-state index in [0.717, 1.165) is 34.5 Å². The first kappa shape index (κ1) is 20.4. The van der Waals surface area contributed by atoms with E-state index in [2.05, 4.69) is 27.4 Å². The molecule has 0 aliphatic carbocycles. The molecule has 1 aromatic heterocycles. The third-order valence-electron chi connectivity index (χ3n) is 3.19. The summed E-state index contributed by atoms with van der Waals surface area (Å²) in [4.78, 5) is 20.8. The lowest BCUT2D eigenvalue weighted by Gasteiger charge is -2.05. The van der Waals surface area contributed by atoms with Crippen molar-refractivity contribution in [2.24, 2.45) is 5.10 Å². The van der Waals surface area contributed by atoms with Gasteiger partial charge in [-0.05, 0) is 25.5 Å². The highest BCUT2D eigenvalue weighted by molar-refractivity contribution is 8.00. The summed E-state index contributed by atoms with van der Waals surface area (Å²) in [6, 6.07) is 8.08. The molecule has 2 aromatic rings. The van der Waals surface area contributed by atoms with E-state index >= 15 is 0 Å². The number of amides is 1. The topological polar surface area (TPSA) is 67.2 Å². The van der Waals surface area contributed by atoms with Gasteiger partial charge in [0.05, 0.1) is 12.0 Å². The van der Waals surface area contributed by atoms with Gasteiger partial charge in [-0.1, -0.05) is 55.1 Å². The lowest BCUT2D eigenvalue weighted by atomic mass is 10.2. The molecular formula is C18H21FN4OS2. The maximum atomic E-state index is 13.4. The highest BCUT2D eigenvalue weighted by Gasteiger charge is 2.07. The number of hydrogen-bond acceptors (Lipinski definition) is 6. The molecule has 1 heterocycles. The third-order valence-corrected chi connectivity index (χ3v) is 5.03. The van der Waals surface area contributed by atoms with Crippen molar-refractivity contribution in [1.82, 2.24) is 15.4 Å². The van der Waals surface area contributed by atoms with Gasteiger partial charge in [0.2, 0.25) is 5.91 Å². The first-order valence-corrected chi connectivity index (χ1v) is 10.2. The molecule has 0 spiro atoms. The Kier molecular flexibility index (Phi) is 8.57. The minimum Gasteiger partial charge on any atom is -0.272 e. The van der Waals surface area contributed by atoms with Crippen LogP contribution in [0.25, 0.3) is 0 Å². The van der Waals surface area contributed by atoms with Crippen LogP contribution in [0.3, 0.4) is 0 Å². The van der Waals surface area contributed by atoms with E-state index in [1.54, 1.807) is 30.0 Å². The summed E-state index contributed by atoms with van der Waals surface area (Å²) >= 11 is 2.95. The van der Waals surface area contributed by atoms with Crippen LogP contribution in [0.15, 0.2) is 45.6 Å². The number of halogens is 1. The van der Waals surface area contributed by atoms with Crippen LogP contribution in [-0.4, -0.2) is 33.6 Å². The molecule has 2 rings (SSSR count). The van der Waals surface area contributed by atoms with E-state index in [9.17, 15) is 9.18 Å². The van der Waals surface area contributed by atoms with Crippen molar-refractivity contribution in [2.45, 2.75) is 36.9 Å². The highest BCUT2D eigenvalue weighted by Crippen LogP contribution is 2.21. The van der Waals surface area contributed by atoms with Gasteiger partial charge < -0.3 is 0 Å². The normalized spacial score (nSPS) is 11.0. The van der Waals surface area contributed by atoms with Gasteiger partial charge in [-0.15, -0.1) is 0 Å². The van der Waals surface area contributed by atoms with Crippen LogP contribution in [-0.2, 0) is 4.79 Å². The van der Waals surface area contributed by atoms with Crippen LogP contribution >= 0.6 is 23.5 Å². The Labute approximate surface area is 161 Å². The van der Waals surface area contributed by atoms with E-state index < -0.39 is 0 Å². The fraction of sp³-hybridized carbons (Fsp3) is 0.333. The molecule has 0 bridgehead atoms. The number of nitrogens with zero attached hydrogens (tertiary/aromatic N) is 3. The molecule has 138 valence electrons. The summed E-state index contributed by atoms with van der Waals surface area (Å²) in [5, 5.41) is 5.27.